The lowest BCUT2D eigenvalue weighted by molar-refractivity contribution is -0.189. The number of aromatic nitrogens is 4. The van der Waals surface area contributed by atoms with Crippen LogP contribution in [0.1, 0.15) is 19.4 Å². The molecular formula is C27H28Cl2N4O3. The third-order valence-electron chi connectivity index (χ3n) is 6.01. The average Bonchev–Trinajstić information content (AvgIpc) is 3.60. The lowest BCUT2D eigenvalue weighted by Crippen LogP contribution is -2.34. The summed E-state index contributed by atoms with van der Waals surface area (Å²) in [4.78, 5) is 8.45. The Hall–Kier alpha value is -2.84. The summed E-state index contributed by atoms with van der Waals surface area (Å²) in [6, 6.07) is 13.3. The van der Waals surface area contributed by atoms with Crippen molar-refractivity contribution in [1.82, 2.24) is 19.1 Å². The Bertz CT molecular complexity index is 1290. The molecule has 4 aromatic rings. The molecule has 0 saturated carbocycles. The summed E-state index contributed by atoms with van der Waals surface area (Å²) < 4.78 is 22.8. The van der Waals surface area contributed by atoms with E-state index >= 15 is 0 Å². The Morgan fingerprint density at radius 3 is 2.67 bits per heavy atom. The summed E-state index contributed by atoms with van der Waals surface area (Å²) in [5.41, 5.74) is 2.90. The summed E-state index contributed by atoms with van der Waals surface area (Å²) in [6.07, 6.45) is 8.77. The first-order chi connectivity index (χ1) is 17.4. The van der Waals surface area contributed by atoms with E-state index in [1.807, 2.05) is 53.6 Å². The second kappa shape index (κ2) is 10.6. The topological polar surface area (TPSA) is 63.3 Å². The molecule has 2 aromatic carbocycles. The SMILES string of the molecule is CC(C)Cn1cncc1-c1ccc(OCC2COC(Cn3ccnc3)(c3ccc(Cl)cc3Cl)O2)cc1. The van der Waals surface area contributed by atoms with E-state index in [0.717, 1.165) is 23.6 Å². The molecule has 188 valence electrons. The number of imidazole rings is 2. The van der Waals surface area contributed by atoms with E-state index in [1.54, 1.807) is 24.7 Å². The molecule has 0 bridgehead atoms. The van der Waals surface area contributed by atoms with E-state index in [9.17, 15) is 0 Å². The van der Waals surface area contributed by atoms with Crippen molar-refractivity contribution >= 4 is 23.2 Å². The monoisotopic (exact) mass is 526 g/mol. The number of nitrogens with zero attached hydrogens (tertiary/aromatic N) is 4. The molecule has 2 unspecified atom stereocenters. The zero-order valence-corrected chi connectivity index (χ0v) is 21.7. The smallest absolute Gasteiger partial charge is 0.215 e. The Morgan fingerprint density at radius 2 is 1.94 bits per heavy atom. The van der Waals surface area contributed by atoms with Crippen LogP contribution in [0.2, 0.25) is 10.0 Å². The molecule has 1 saturated heterocycles. The van der Waals surface area contributed by atoms with E-state index in [0.29, 0.717) is 41.3 Å². The van der Waals surface area contributed by atoms with Gasteiger partial charge in [0, 0.05) is 35.1 Å². The maximum absolute atomic E-state index is 6.55. The van der Waals surface area contributed by atoms with Gasteiger partial charge < -0.3 is 23.3 Å². The molecule has 3 heterocycles. The van der Waals surface area contributed by atoms with Crippen molar-refractivity contribution in [3.8, 4) is 17.0 Å². The minimum absolute atomic E-state index is 0.285. The first-order valence-electron chi connectivity index (χ1n) is 11.9. The number of rotatable bonds is 9. The van der Waals surface area contributed by atoms with E-state index in [1.165, 1.54) is 0 Å². The van der Waals surface area contributed by atoms with Crippen molar-refractivity contribution in [3.63, 3.8) is 0 Å². The molecule has 0 aliphatic carbocycles. The normalized spacial score (nSPS) is 19.8. The molecule has 1 fully saturated rings. The van der Waals surface area contributed by atoms with Gasteiger partial charge in [-0.05, 0) is 42.3 Å². The van der Waals surface area contributed by atoms with Crippen molar-refractivity contribution in [3.05, 3.63) is 89.3 Å². The summed E-state index contributed by atoms with van der Waals surface area (Å²) in [6.45, 7) is 6.40. The maximum Gasteiger partial charge on any atom is 0.215 e. The van der Waals surface area contributed by atoms with Gasteiger partial charge in [-0.25, -0.2) is 9.97 Å². The highest BCUT2D eigenvalue weighted by atomic mass is 35.5. The fraction of sp³-hybridized carbons (Fsp3) is 0.333. The van der Waals surface area contributed by atoms with Crippen LogP contribution in [0.3, 0.4) is 0 Å². The Balaban J connectivity index is 1.27. The van der Waals surface area contributed by atoms with Gasteiger partial charge in [0.15, 0.2) is 0 Å². The number of hydrogen-bond acceptors (Lipinski definition) is 5. The molecule has 36 heavy (non-hydrogen) atoms. The number of benzene rings is 2. The molecule has 1 aliphatic heterocycles. The summed E-state index contributed by atoms with van der Waals surface area (Å²) in [7, 11) is 0. The van der Waals surface area contributed by atoms with Gasteiger partial charge in [0.2, 0.25) is 5.79 Å². The Labute approximate surface area is 220 Å². The number of halogens is 2. The van der Waals surface area contributed by atoms with Crippen molar-refractivity contribution in [2.24, 2.45) is 5.92 Å². The first-order valence-corrected chi connectivity index (χ1v) is 12.6. The molecule has 5 rings (SSSR count). The molecule has 0 amide bonds. The fourth-order valence-electron chi connectivity index (χ4n) is 4.39. The lowest BCUT2D eigenvalue weighted by Gasteiger charge is -2.30. The van der Waals surface area contributed by atoms with Crippen molar-refractivity contribution < 1.29 is 14.2 Å². The van der Waals surface area contributed by atoms with Gasteiger partial charge in [-0.15, -0.1) is 0 Å². The zero-order valence-electron chi connectivity index (χ0n) is 20.2. The quantitative estimate of drug-likeness (QED) is 0.265. The predicted octanol–water partition coefficient (Wildman–Crippen LogP) is 6.06. The molecule has 2 aromatic heterocycles. The molecular weight excluding hydrogens is 499 g/mol. The van der Waals surface area contributed by atoms with Crippen molar-refractivity contribution in [2.45, 2.75) is 38.8 Å². The molecule has 0 radical (unpaired) electrons. The molecule has 2 atom stereocenters. The number of ether oxygens (including phenoxy) is 3. The fourth-order valence-corrected chi connectivity index (χ4v) is 4.94. The van der Waals surface area contributed by atoms with Crippen LogP contribution in [0.25, 0.3) is 11.3 Å². The van der Waals surface area contributed by atoms with Crippen LogP contribution in [-0.2, 0) is 28.4 Å². The Kier molecular flexibility index (Phi) is 7.34. The largest absolute Gasteiger partial charge is 0.491 e. The average molecular weight is 527 g/mol. The highest BCUT2D eigenvalue weighted by Gasteiger charge is 2.45. The van der Waals surface area contributed by atoms with E-state index in [4.69, 9.17) is 37.4 Å². The van der Waals surface area contributed by atoms with Gasteiger partial charge in [0.05, 0.1) is 42.7 Å². The van der Waals surface area contributed by atoms with Gasteiger partial charge >= 0.3 is 0 Å². The third kappa shape index (κ3) is 5.44. The van der Waals surface area contributed by atoms with E-state index in [2.05, 4.69) is 28.4 Å². The minimum atomic E-state index is -1.07. The molecule has 9 heteroatoms. The Morgan fingerprint density at radius 1 is 1.11 bits per heavy atom. The molecule has 7 nitrogen and oxygen atoms in total. The van der Waals surface area contributed by atoms with Crippen LogP contribution >= 0.6 is 23.2 Å². The van der Waals surface area contributed by atoms with Crippen LogP contribution < -0.4 is 4.74 Å². The molecule has 0 spiro atoms. The van der Waals surface area contributed by atoms with Gasteiger partial charge in [-0.3, -0.25) is 0 Å². The lowest BCUT2D eigenvalue weighted by atomic mass is 10.1. The zero-order chi connectivity index (χ0) is 25.1. The van der Waals surface area contributed by atoms with Crippen LogP contribution in [0.15, 0.2) is 73.7 Å². The van der Waals surface area contributed by atoms with Gasteiger partial charge in [-0.2, -0.15) is 0 Å². The van der Waals surface area contributed by atoms with Gasteiger partial charge in [-0.1, -0.05) is 43.1 Å². The summed E-state index contributed by atoms with van der Waals surface area (Å²) >= 11 is 12.7. The van der Waals surface area contributed by atoms with Gasteiger partial charge in [0.1, 0.15) is 18.5 Å². The maximum atomic E-state index is 6.55. The highest BCUT2D eigenvalue weighted by Crippen LogP contribution is 2.40. The molecule has 1 aliphatic rings. The first kappa shape index (κ1) is 24.8. The van der Waals surface area contributed by atoms with Crippen molar-refractivity contribution in [2.75, 3.05) is 13.2 Å². The molecule has 0 N–H and O–H groups in total. The summed E-state index contributed by atoms with van der Waals surface area (Å²) in [5.74, 6) is 0.224. The summed E-state index contributed by atoms with van der Waals surface area (Å²) in [5, 5.41) is 1.03. The van der Waals surface area contributed by atoms with Crippen LogP contribution in [0.5, 0.6) is 5.75 Å². The standard InChI is InChI=1S/C27H28Cl2N4O3/c1-19(2)13-33-18-31-12-26(33)20-3-6-22(7-4-20)34-14-23-15-35-27(36-23,16-32-10-9-30-17-32)24-8-5-21(28)11-25(24)29/h3-12,17-19,23H,13-16H2,1-2H3. The second-order valence-corrected chi connectivity index (χ2v) is 10.2. The highest BCUT2D eigenvalue weighted by molar-refractivity contribution is 6.35. The third-order valence-corrected chi connectivity index (χ3v) is 6.56. The predicted molar refractivity (Wildman–Crippen MR) is 139 cm³/mol. The van der Waals surface area contributed by atoms with E-state index in [-0.39, 0.29) is 6.10 Å². The van der Waals surface area contributed by atoms with Gasteiger partial charge in [0.25, 0.3) is 0 Å². The van der Waals surface area contributed by atoms with Crippen LogP contribution in [0, 0.1) is 5.92 Å². The minimum Gasteiger partial charge on any atom is -0.491 e. The van der Waals surface area contributed by atoms with Crippen LogP contribution in [-0.4, -0.2) is 38.4 Å². The van der Waals surface area contributed by atoms with Crippen LogP contribution in [0.4, 0.5) is 0 Å². The number of hydrogen-bond donors (Lipinski definition) is 0. The van der Waals surface area contributed by atoms with E-state index < -0.39 is 5.79 Å². The second-order valence-electron chi connectivity index (χ2n) is 9.32. The van der Waals surface area contributed by atoms with Crippen molar-refractivity contribution in [1.29, 1.82) is 0 Å².